The van der Waals surface area contributed by atoms with Crippen LogP contribution in [0.1, 0.15) is 53.4 Å². The normalized spacial score (nSPS) is 36.8. The summed E-state index contributed by atoms with van der Waals surface area (Å²) < 4.78 is 0. The SMILES string of the molecule is CC(CNC1CC(C)(C)CC1C)C1CC1. The zero-order valence-electron chi connectivity index (χ0n) is 10.8. The quantitative estimate of drug-likeness (QED) is 0.748. The first-order chi connectivity index (χ1) is 6.98. The van der Waals surface area contributed by atoms with Crippen LogP contribution in [0, 0.1) is 23.2 Å². The van der Waals surface area contributed by atoms with Crippen molar-refractivity contribution in [1.82, 2.24) is 5.32 Å². The lowest BCUT2D eigenvalue weighted by molar-refractivity contribution is 0.353. The molecule has 0 amide bonds. The summed E-state index contributed by atoms with van der Waals surface area (Å²) in [5, 5.41) is 3.81. The molecule has 0 radical (unpaired) electrons. The minimum atomic E-state index is 0.569. The highest BCUT2D eigenvalue weighted by atomic mass is 14.9. The van der Waals surface area contributed by atoms with E-state index in [1.165, 1.54) is 32.2 Å². The van der Waals surface area contributed by atoms with Gasteiger partial charge in [0.2, 0.25) is 0 Å². The molecule has 2 fully saturated rings. The predicted molar refractivity (Wildman–Crippen MR) is 65.9 cm³/mol. The second kappa shape index (κ2) is 4.08. The molecule has 0 spiro atoms. The van der Waals surface area contributed by atoms with Gasteiger partial charge in [-0.15, -0.1) is 0 Å². The zero-order chi connectivity index (χ0) is 11.1. The Hall–Kier alpha value is -0.0400. The summed E-state index contributed by atoms with van der Waals surface area (Å²) in [6.07, 6.45) is 5.72. The Morgan fingerprint density at radius 1 is 1.27 bits per heavy atom. The molecule has 0 bridgehead atoms. The summed E-state index contributed by atoms with van der Waals surface area (Å²) in [7, 11) is 0. The minimum Gasteiger partial charge on any atom is -0.313 e. The molecule has 0 heterocycles. The van der Waals surface area contributed by atoms with Gasteiger partial charge in [0.05, 0.1) is 0 Å². The maximum atomic E-state index is 3.81. The van der Waals surface area contributed by atoms with Gasteiger partial charge >= 0.3 is 0 Å². The lowest BCUT2D eigenvalue weighted by atomic mass is 9.91. The van der Waals surface area contributed by atoms with Crippen molar-refractivity contribution in [3.63, 3.8) is 0 Å². The van der Waals surface area contributed by atoms with Gasteiger partial charge in [0.1, 0.15) is 0 Å². The van der Waals surface area contributed by atoms with Crippen molar-refractivity contribution in [3.05, 3.63) is 0 Å². The summed E-state index contributed by atoms with van der Waals surface area (Å²) in [6.45, 7) is 10.9. The summed E-state index contributed by atoms with van der Waals surface area (Å²) in [5.41, 5.74) is 0.569. The van der Waals surface area contributed by atoms with E-state index < -0.39 is 0 Å². The van der Waals surface area contributed by atoms with Crippen LogP contribution in [0.4, 0.5) is 0 Å². The van der Waals surface area contributed by atoms with Crippen molar-refractivity contribution in [2.75, 3.05) is 6.54 Å². The van der Waals surface area contributed by atoms with Gasteiger partial charge in [-0.2, -0.15) is 0 Å². The summed E-state index contributed by atoms with van der Waals surface area (Å²) >= 11 is 0. The van der Waals surface area contributed by atoms with E-state index in [9.17, 15) is 0 Å². The van der Waals surface area contributed by atoms with Gasteiger partial charge in [-0.25, -0.2) is 0 Å². The molecule has 0 aromatic heterocycles. The molecule has 0 aliphatic heterocycles. The highest BCUT2D eigenvalue weighted by molar-refractivity contribution is 4.92. The van der Waals surface area contributed by atoms with Crippen LogP contribution in [0.5, 0.6) is 0 Å². The number of hydrogen-bond donors (Lipinski definition) is 1. The highest BCUT2D eigenvalue weighted by Gasteiger charge is 2.37. The van der Waals surface area contributed by atoms with E-state index in [4.69, 9.17) is 0 Å². The van der Waals surface area contributed by atoms with Crippen molar-refractivity contribution in [1.29, 1.82) is 0 Å². The standard InChI is InChI=1S/C14H27N/c1-10-7-14(3,4)8-13(10)15-9-11(2)12-5-6-12/h10-13,15H,5-9H2,1-4H3. The molecular formula is C14H27N. The van der Waals surface area contributed by atoms with E-state index in [0.717, 1.165) is 23.8 Å². The topological polar surface area (TPSA) is 12.0 Å². The second-order valence-electron chi connectivity index (χ2n) is 6.88. The molecule has 3 unspecified atom stereocenters. The van der Waals surface area contributed by atoms with E-state index in [1.807, 2.05) is 0 Å². The van der Waals surface area contributed by atoms with Gasteiger partial charge in [0.25, 0.3) is 0 Å². The van der Waals surface area contributed by atoms with Crippen molar-refractivity contribution >= 4 is 0 Å². The number of nitrogens with one attached hydrogen (secondary N) is 1. The third-order valence-electron chi connectivity index (χ3n) is 4.46. The summed E-state index contributed by atoms with van der Waals surface area (Å²) in [6, 6.07) is 0.779. The summed E-state index contributed by atoms with van der Waals surface area (Å²) in [4.78, 5) is 0. The molecule has 0 aromatic carbocycles. The van der Waals surface area contributed by atoms with Gasteiger partial charge in [0.15, 0.2) is 0 Å². The van der Waals surface area contributed by atoms with Crippen LogP contribution >= 0.6 is 0 Å². The first-order valence-corrected chi connectivity index (χ1v) is 6.71. The molecular weight excluding hydrogens is 182 g/mol. The second-order valence-corrected chi connectivity index (χ2v) is 6.88. The molecule has 1 nitrogen and oxygen atoms in total. The molecule has 88 valence electrons. The van der Waals surface area contributed by atoms with Crippen LogP contribution in [0.25, 0.3) is 0 Å². The number of hydrogen-bond acceptors (Lipinski definition) is 1. The molecule has 1 heteroatoms. The maximum absolute atomic E-state index is 3.81. The zero-order valence-corrected chi connectivity index (χ0v) is 10.8. The number of rotatable bonds is 4. The average Bonchev–Trinajstić information content (AvgIpc) is 2.90. The molecule has 15 heavy (non-hydrogen) atoms. The molecule has 1 N–H and O–H groups in total. The van der Waals surface area contributed by atoms with Crippen molar-refractivity contribution in [2.24, 2.45) is 23.2 Å². The molecule has 0 aromatic rings. The van der Waals surface area contributed by atoms with Crippen molar-refractivity contribution in [3.8, 4) is 0 Å². The van der Waals surface area contributed by atoms with E-state index >= 15 is 0 Å². The van der Waals surface area contributed by atoms with Crippen LogP contribution in [-0.2, 0) is 0 Å². The average molecular weight is 209 g/mol. The van der Waals surface area contributed by atoms with Crippen LogP contribution in [-0.4, -0.2) is 12.6 Å². The first kappa shape index (κ1) is 11.4. The van der Waals surface area contributed by atoms with Gasteiger partial charge in [-0.05, 0) is 55.4 Å². The maximum Gasteiger partial charge on any atom is 0.00980 e. The Morgan fingerprint density at radius 2 is 1.93 bits per heavy atom. The Balaban J connectivity index is 1.74. The van der Waals surface area contributed by atoms with Crippen molar-refractivity contribution in [2.45, 2.75) is 59.4 Å². The van der Waals surface area contributed by atoms with E-state index in [0.29, 0.717) is 5.41 Å². The van der Waals surface area contributed by atoms with Crippen LogP contribution < -0.4 is 5.32 Å². The van der Waals surface area contributed by atoms with Crippen LogP contribution in [0.15, 0.2) is 0 Å². The van der Waals surface area contributed by atoms with Gasteiger partial charge < -0.3 is 5.32 Å². The minimum absolute atomic E-state index is 0.569. The molecule has 3 atom stereocenters. The Bertz CT molecular complexity index is 217. The van der Waals surface area contributed by atoms with E-state index in [2.05, 4.69) is 33.0 Å². The van der Waals surface area contributed by atoms with Crippen LogP contribution in [0.2, 0.25) is 0 Å². The Kier molecular flexibility index (Phi) is 3.12. The van der Waals surface area contributed by atoms with Crippen LogP contribution in [0.3, 0.4) is 0 Å². The fourth-order valence-electron chi connectivity index (χ4n) is 3.34. The van der Waals surface area contributed by atoms with E-state index in [-0.39, 0.29) is 0 Å². The largest absolute Gasteiger partial charge is 0.313 e. The monoisotopic (exact) mass is 209 g/mol. The van der Waals surface area contributed by atoms with Crippen molar-refractivity contribution < 1.29 is 0 Å². The smallest absolute Gasteiger partial charge is 0.00980 e. The fourth-order valence-corrected chi connectivity index (χ4v) is 3.34. The molecule has 2 rings (SSSR count). The predicted octanol–water partition coefficient (Wildman–Crippen LogP) is 3.45. The fraction of sp³-hybridized carbons (Fsp3) is 1.00. The van der Waals surface area contributed by atoms with Gasteiger partial charge in [-0.1, -0.05) is 27.7 Å². The molecule has 2 aliphatic carbocycles. The third kappa shape index (κ3) is 2.96. The molecule has 2 saturated carbocycles. The Labute approximate surface area is 95.0 Å². The lowest BCUT2D eigenvalue weighted by Gasteiger charge is -2.21. The summed E-state index contributed by atoms with van der Waals surface area (Å²) in [5.74, 6) is 2.81. The molecule has 2 aliphatic rings. The lowest BCUT2D eigenvalue weighted by Crippen LogP contribution is -2.35. The third-order valence-corrected chi connectivity index (χ3v) is 4.46. The first-order valence-electron chi connectivity index (χ1n) is 6.71. The Morgan fingerprint density at radius 3 is 2.40 bits per heavy atom. The molecule has 0 saturated heterocycles. The highest BCUT2D eigenvalue weighted by Crippen LogP contribution is 2.41. The van der Waals surface area contributed by atoms with Gasteiger partial charge in [0, 0.05) is 6.04 Å². The van der Waals surface area contributed by atoms with E-state index in [1.54, 1.807) is 0 Å². The van der Waals surface area contributed by atoms with Gasteiger partial charge in [-0.3, -0.25) is 0 Å².